The maximum atomic E-state index is 12.9. The van der Waals surface area contributed by atoms with Gasteiger partial charge >= 0.3 is 5.97 Å². The number of aryl methyl sites for hydroxylation is 1. The zero-order valence-electron chi connectivity index (χ0n) is 17.3. The van der Waals surface area contributed by atoms with E-state index in [-0.39, 0.29) is 22.2 Å². The van der Waals surface area contributed by atoms with Crippen LogP contribution in [-0.4, -0.2) is 67.7 Å². The minimum atomic E-state index is -1.21. The van der Waals surface area contributed by atoms with E-state index in [4.69, 9.17) is 10.6 Å². The molecule has 2 aromatic heterocycles. The Morgan fingerprint density at radius 1 is 1.39 bits per heavy atom. The van der Waals surface area contributed by atoms with E-state index in [0.717, 1.165) is 21.9 Å². The molecule has 2 aromatic rings. The number of fused-ring (bicyclic) bond motifs is 1. The van der Waals surface area contributed by atoms with E-state index in [1.807, 2.05) is 6.92 Å². The predicted molar refractivity (Wildman–Crippen MR) is 126 cm³/mol. The van der Waals surface area contributed by atoms with Gasteiger partial charge in [0.25, 0.3) is 11.8 Å². The summed E-state index contributed by atoms with van der Waals surface area (Å²) in [5, 5.41) is 17.4. The number of aromatic nitrogens is 2. The number of thiazole rings is 2. The number of oxime groups is 1. The molecule has 2 amide bonds. The third-order valence-corrected chi connectivity index (χ3v) is 7.74. The molecule has 0 saturated carbocycles. The van der Waals surface area contributed by atoms with Gasteiger partial charge in [0.2, 0.25) is 0 Å². The molecule has 2 atom stereocenters. The minimum absolute atomic E-state index is 0.0919. The number of allylic oxidation sites excluding steroid dienone is 1. The van der Waals surface area contributed by atoms with E-state index >= 15 is 0 Å². The summed E-state index contributed by atoms with van der Waals surface area (Å²) in [5.74, 6) is -2.04. The van der Waals surface area contributed by atoms with Crippen molar-refractivity contribution in [2.24, 2.45) is 5.16 Å². The van der Waals surface area contributed by atoms with Crippen LogP contribution in [0.3, 0.4) is 0 Å². The second-order valence-corrected chi connectivity index (χ2v) is 9.75. The van der Waals surface area contributed by atoms with Gasteiger partial charge < -0.3 is 21.0 Å². The number of carboxylic acids is 1. The molecule has 2 aliphatic heterocycles. The van der Waals surface area contributed by atoms with E-state index in [0.29, 0.717) is 11.3 Å². The number of nitrogens with one attached hydrogen (secondary N) is 1. The molecule has 2 aliphatic rings. The Kier molecular flexibility index (Phi) is 6.49. The highest BCUT2D eigenvalue weighted by molar-refractivity contribution is 8.00. The van der Waals surface area contributed by atoms with Crippen LogP contribution in [0.15, 0.2) is 33.4 Å². The van der Waals surface area contributed by atoms with Crippen LogP contribution < -0.4 is 11.1 Å². The van der Waals surface area contributed by atoms with E-state index < -0.39 is 29.2 Å². The lowest BCUT2D eigenvalue weighted by atomic mass is 10.0. The number of anilines is 1. The van der Waals surface area contributed by atoms with Crippen molar-refractivity contribution in [2.45, 2.75) is 18.3 Å². The molecule has 33 heavy (non-hydrogen) atoms. The van der Waals surface area contributed by atoms with E-state index in [9.17, 15) is 19.5 Å². The molecular weight excluding hydrogens is 488 g/mol. The summed E-state index contributed by atoms with van der Waals surface area (Å²) in [6.07, 6.45) is 3.49. The van der Waals surface area contributed by atoms with Crippen LogP contribution in [0.5, 0.6) is 0 Å². The Morgan fingerprint density at radius 3 is 2.79 bits per heavy atom. The van der Waals surface area contributed by atoms with Crippen molar-refractivity contribution in [3.05, 3.63) is 44.5 Å². The summed E-state index contributed by atoms with van der Waals surface area (Å²) in [6, 6.07) is -0.913. The number of amides is 2. The normalized spacial score (nSPS) is 20.6. The van der Waals surface area contributed by atoms with Crippen molar-refractivity contribution >= 4 is 69.1 Å². The van der Waals surface area contributed by atoms with Gasteiger partial charge in [-0.1, -0.05) is 11.2 Å². The largest absolute Gasteiger partial charge is 0.477 e. The summed E-state index contributed by atoms with van der Waals surface area (Å²) < 4.78 is 0. The number of β-lactam (4-membered cyclic amide) rings is 1. The predicted octanol–water partition coefficient (Wildman–Crippen LogP) is 1.29. The lowest BCUT2D eigenvalue weighted by Gasteiger charge is -2.49. The molecular formula is C19H18N6O5S3. The van der Waals surface area contributed by atoms with E-state index in [2.05, 4.69) is 20.4 Å². The highest BCUT2D eigenvalue weighted by Gasteiger charge is 2.54. The molecule has 11 nitrogen and oxygen atoms in total. The van der Waals surface area contributed by atoms with Crippen molar-refractivity contribution in [1.29, 1.82) is 0 Å². The number of hydrogen-bond acceptors (Lipinski definition) is 11. The van der Waals surface area contributed by atoms with Crippen molar-refractivity contribution in [3.63, 3.8) is 0 Å². The molecule has 1 fully saturated rings. The van der Waals surface area contributed by atoms with Crippen molar-refractivity contribution in [2.75, 3.05) is 18.6 Å². The first-order chi connectivity index (χ1) is 15.8. The van der Waals surface area contributed by atoms with Crippen LogP contribution in [-0.2, 0) is 19.2 Å². The van der Waals surface area contributed by atoms with Crippen molar-refractivity contribution < 1.29 is 24.3 Å². The number of carbonyl (C=O) groups excluding carboxylic acids is 2. The third kappa shape index (κ3) is 4.36. The number of nitrogens with zero attached hydrogens (tertiary/aromatic N) is 4. The summed E-state index contributed by atoms with van der Waals surface area (Å²) in [6.45, 7) is 1.86. The Balaban J connectivity index is 1.54. The molecule has 14 heteroatoms. The summed E-state index contributed by atoms with van der Waals surface area (Å²) in [5.41, 5.74) is 8.68. The molecule has 0 spiro atoms. The minimum Gasteiger partial charge on any atom is -0.477 e. The number of thioether (sulfide) groups is 1. The van der Waals surface area contributed by atoms with Gasteiger partial charge in [0, 0.05) is 16.0 Å². The number of nitrogen functional groups attached to an aromatic ring is 1. The zero-order valence-corrected chi connectivity index (χ0v) is 19.8. The monoisotopic (exact) mass is 506 g/mol. The molecule has 4 heterocycles. The number of hydrogen-bond donors (Lipinski definition) is 3. The first-order valence-corrected chi connectivity index (χ1v) is 12.2. The molecule has 172 valence electrons. The maximum absolute atomic E-state index is 12.9. The number of carbonyl (C=O) groups is 3. The molecule has 0 radical (unpaired) electrons. The van der Waals surface area contributed by atoms with Crippen LogP contribution >= 0.6 is 34.4 Å². The van der Waals surface area contributed by atoms with Gasteiger partial charge in [0.15, 0.2) is 10.8 Å². The van der Waals surface area contributed by atoms with Crippen molar-refractivity contribution in [1.82, 2.24) is 20.2 Å². The molecule has 4 rings (SSSR count). The lowest BCUT2D eigenvalue weighted by molar-refractivity contribution is -0.150. The summed E-state index contributed by atoms with van der Waals surface area (Å²) >= 11 is 3.94. The molecule has 0 bridgehead atoms. The van der Waals surface area contributed by atoms with Gasteiger partial charge in [0.1, 0.15) is 29.9 Å². The first-order valence-electron chi connectivity index (χ1n) is 9.44. The average molecular weight is 507 g/mol. The Labute approximate surface area is 200 Å². The average Bonchev–Trinajstić information content (AvgIpc) is 3.40. The number of nitrogens with two attached hydrogens (primary N) is 1. The van der Waals surface area contributed by atoms with Gasteiger partial charge in [0.05, 0.1) is 11.2 Å². The van der Waals surface area contributed by atoms with Crippen LogP contribution in [0.1, 0.15) is 16.3 Å². The van der Waals surface area contributed by atoms with Gasteiger partial charge in [-0.05, 0) is 18.6 Å². The number of carboxylic acid groups (broad SMARTS) is 1. The quantitative estimate of drug-likeness (QED) is 0.286. The summed E-state index contributed by atoms with van der Waals surface area (Å²) in [4.78, 5) is 52.7. The van der Waals surface area contributed by atoms with E-state index in [1.165, 1.54) is 35.1 Å². The van der Waals surface area contributed by atoms with Gasteiger partial charge in [-0.2, -0.15) is 0 Å². The Morgan fingerprint density at radius 2 is 2.18 bits per heavy atom. The number of rotatable bonds is 7. The standard InChI is InChI=1S/C19H18N6O5S3/c1-8-11(33-7-21-8)4-3-9-5-31-17-13(16(27)25(17)14(9)18(28)29)23-15(26)12(24-30-2)10-6-32-19(20)22-10/h3-4,6-7,13,17H,5H2,1-2H3,(H2,20,22)(H,23,26)(H,28,29)/b4-3-,24-12+/t13-,17-/m0/s1. The molecule has 0 unspecified atom stereocenters. The number of aliphatic carboxylic acids is 1. The second kappa shape index (κ2) is 9.33. The maximum Gasteiger partial charge on any atom is 0.352 e. The second-order valence-electron chi connectivity index (χ2n) is 6.87. The van der Waals surface area contributed by atoms with Crippen molar-refractivity contribution in [3.8, 4) is 0 Å². The van der Waals surface area contributed by atoms with Gasteiger partial charge in [-0.3, -0.25) is 14.5 Å². The first kappa shape index (κ1) is 22.9. The van der Waals surface area contributed by atoms with Crippen LogP contribution in [0.2, 0.25) is 0 Å². The summed E-state index contributed by atoms with van der Waals surface area (Å²) in [7, 11) is 1.28. The Bertz CT molecular complexity index is 1220. The van der Waals surface area contributed by atoms with Gasteiger partial charge in [-0.25, -0.2) is 14.8 Å². The fraction of sp³-hybridized carbons (Fsp3) is 0.263. The van der Waals surface area contributed by atoms with Crippen LogP contribution in [0.25, 0.3) is 6.08 Å². The molecule has 4 N–H and O–H groups in total. The van der Waals surface area contributed by atoms with Crippen LogP contribution in [0.4, 0.5) is 5.13 Å². The Hall–Kier alpha value is -3.23. The topological polar surface area (TPSA) is 160 Å². The van der Waals surface area contributed by atoms with Gasteiger partial charge in [-0.15, -0.1) is 34.4 Å². The lowest BCUT2D eigenvalue weighted by Crippen LogP contribution is -2.71. The third-order valence-electron chi connectivity index (χ3n) is 4.87. The van der Waals surface area contributed by atoms with E-state index in [1.54, 1.807) is 23.0 Å². The van der Waals surface area contributed by atoms with Crippen LogP contribution in [0, 0.1) is 6.92 Å². The molecule has 0 aromatic carbocycles. The molecule has 0 aliphatic carbocycles. The SMILES string of the molecule is CO/N=C(/C(=O)N[C@H]1C(=O)N2C(C(=O)O)=C(/C=C\c3scnc3C)CS[C@@H]12)c1csc(N)n1. The zero-order chi connectivity index (χ0) is 23.7. The smallest absolute Gasteiger partial charge is 0.352 e. The highest BCUT2D eigenvalue weighted by atomic mass is 32.2. The fourth-order valence-corrected chi connectivity index (χ4v) is 5.88. The molecule has 1 saturated heterocycles. The highest BCUT2D eigenvalue weighted by Crippen LogP contribution is 2.41. The fourth-order valence-electron chi connectivity index (χ4n) is 3.32.